The van der Waals surface area contributed by atoms with Gasteiger partial charge in [0.25, 0.3) is 5.89 Å². The Morgan fingerprint density at radius 2 is 2.05 bits per heavy atom. The van der Waals surface area contributed by atoms with Crippen molar-refractivity contribution in [3.63, 3.8) is 0 Å². The van der Waals surface area contributed by atoms with Gasteiger partial charge in [0.1, 0.15) is 6.29 Å². The van der Waals surface area contributed by atoms with Crippen LogP contribution in [0.5, 0.6) is 11.5 Å². The first kappa shape index (κ1) is 13.1. The van der Waals surface area contributed by atoms with Gasteiger partial charge in [0, 0.05) is 12.0 Å². The summed E-state index contributed by atoms with van der Waals surface area (Å²) in [6.45, 7) is 2.09. The van der Waals surface area contributed by atoms with Crippen LogP contribution >= 0.6 is 0 Å². The molecule has 0 amide bonds. The molecule has 0 saturated carbocycles. The van der Waals surface area contributed by atoms with E-state index in [9.17, 15) is 4.79 Å². The quantitative estimate of drug-likeness (QED) is 0.741. The van der Waals surface area contributed by atoms with Crippen molar-refractivity contribution in [1.82, 2.24) is 10.2 Å². The van der Waals surface area contributed by atoms with E-state index in [1.807, 2.05) is 6.92 Å². The summed E-state index contributed by atoms with van der Waals surface area (Å²) in [6, 6.07) is 4.92. The summed E-state index contributed by atoms with van der Waals surface area (Å²) in [4.78, 5) is 10.7. The fourth-order valence-corrected chi connectivity index (χ4v) is 1.51. The molecule has 2 aromatic rings. The molecule has 2 rings (SSSR count). The molecule has 0 aliphatic heterocycles. The minimum absolute atomic E-state index is 0.157. The van der Waals surface area contributed by atoms with Crippen LogP contribution in [0.2, 0.25) is 0 Å². The van der Waals surface area contributed by atoms with Crippen LogP contribution in [0.1, 0.15) is 29.1 Å². The Labute approximate surface area is 110 Å². The number of benzene rings is 1. The molecular formula is C13H14N2O4. The Hall–Kier alpha value is -2.37. The van der Waals surface area contributed by atoms with Crippen molar-refractivity contribution in [3.8, 4) is 11.5 Å². The molecule has 0 spiro atoms. The van der Waals surface area contributed by atoms with E-state index in [4.69, 9.17) is 13.9 Å². The van der Waals surface area contributed by atoms with Gasteiger partial charge in [0.05, 0.1) is 7.11 Å². The Kier molecular flexibility index (Phi) is 4.12. The molecule has 0 aliphatic carbocycles. The van der Waals surface area contributed by atoms with Gasteiger partial charge in [-0.15, -0.1) is 10.2 Å². The highest BCUT2D eigenvalue weighted by atomic mass is 16.5. The number of aryl methyl sites for hydroxylation is 1. The van der Waals surface area contributed by atoms with Crippen molar-refractivity contribution in [1.29, 1.82) is 0 Å². The molecule has 0 aliphatic rings. The zero-order chi connectivity index (χ0) is 13.7. The van der Waals surface area contributed by atoms with Crippen LogP contribution in [0.15, 0.2) is 22.6 Å². The molecule has 1 heterocycles. The zero-order valence-corrected chi connectivity index (χ0v) is 10.8. The number of ether oxygens (including phenoxy) is 2. The fourth-order valence-electron chi connectivity index (χ4n) is 1.51. The third-order valence-electron chi connectivity index (χ3n) is 2.49. The summed E-state index contributed by atoms with van der Waals surface area (Å²) in [6.07, 6.45) is 1.43. The monoisotopic (exact) mass is 262 g/mol. The molecule has 0 unspecified atom stereocenters. The van der Waals surface area contributed by atoms with E-state index < -0.39 is 0 Å². The molecule has 1 aromatic carbocycles. The molecule has 0 radical (unpaired) electrons. The summed E-state index contributed by atoms with van der Waals surface area (Å²) in [7, 11) is 1.51. The molecular weight excluding hydrogens is 248 g/mol. The summed E-state index contributed by atoms with van der Waals surface area (Å²) in [5.74, 6) is 1.98. The van der Waals surface area contributed by atoms with Gasteiger partial charge in [0.2, 0.25) is 5.89 Å². The van der Waals surface area contributed by atoms with Crippen LogP contribution < -0.4 is 9.47 Å². The number of hydrogen-bond donors (Lipinski definition) is 0. The average Bonchev–Trinajstić information content (AvgIpc) is 2.92. The maximum atomic E-state index is 10.7. The maximum Gasteiger partial charge on any atom is 0.253 e. The lowest BCUT2D eigenvalue weighted by atomic mass is 10.2. The van der Waals surface area contributed by atoms with E-state index in [1.165, 1.54) is 7.11 Å². The van der Waals surface area contributed by atoms with Crippen molar-refractivity contribution in [2.24, 2.45) is 0 Å². The zero-order valence-electron chi connectivity index (χ0n) is 10.8. The lowest BCUT2D eigenvalue weighted by Gasteiger charge is -2.09. The van der Waals surface area contributed by atoms with Gasteiger partial charge in [-0.1, -0.05) is 6.92 Å². The van der Waals surface area contributed by atoms with Gasteiger partial charge < -0.3 is 13.9 Å². The lowest BCUT2D eigenvalue weighted by Crippen LogP contribution is -1.98. The molecule has 0 saturated heterocycles. The number of rotatable bonds is 6. The van der Waals surface area contributed by atoms with Crippen LogP contribution in [0.3, 0.4) is 0 Å². The number of nitrogens with zero attached hydrogens (tertiary/aromatic N) is 2. The molecule has 100 valence electrons. The van der Waals surface area contributed by atoms with E-state index in [0.717, 1.165) is 6.29 Å². The maximum absolute atomic E-state index is 10.7. The first-order valence-corrected chi connectivity index (χ1v) is 5.84. The predicted molar refractivity (Wildman–Crippen MR) is 66.4 cm³/mol. The van der Waals surface area contributed by atoms with E-state index in [-0.39, 0.29) is 6.61 Å². The van der Waals surface area contributed by atoms with Gasteiger partial charge in [-0.3, -0.25) is 4.79 Å². The second kappa shape index (κ2) is 5.99. The van der Waals surface area contributed by atoms with Crippen molar-refractivity contribution in [3.05, 3.63) is 35.5 Å². The van der Waals surface area contributed by atoms with Crippen molar-refractivity contribution < 1.29 is 18.7 Å². The first-order valence-electron chi connectivity index (χ1n) is 5.84. The minimum Gasteiger partial charge on any atom is -0.493 e. The number of aromatic nitrogens is 2. The molecule has 0 bridgehead atoms. The molecule has 1 aromatic heterocycles. The summed E-state index contributed by atoms with van der Waals surface area (Å²) in [5, 5.41) is 7.70. The third-order valence-corrected chi connectivity index (χ3v) is 2.49. The van der Waals surface area contributed by atoms with E-state index >= 15 is 0 Å². The van der Waals surface area contributed by atoms with Crippen LogP contribution in [0.4, 0.5) is 0 Å². The molecule has 0 atom stereocenters. The summed E-state index contributed by atoms with van der Waals surface area (Å²) in [5.41, 5.74) is 0.523. The Morgan fingerprint density at radius 3 is 2.68 bits per heavy atom. The topological polar surface area (TPSA) is 74.5 Å². The molecule has 6 heteroatoms. The fraction of sp³-hybridized carbons (Fsp3) is 0.308. The highest BCUT2D eigenvalue weighted by Crippen LogP contribution is 2.28. The number of hydrogen-bond acceptors (Lipinski definition) is 6. The van der Waals surface area contributed by atoms with E-state index in [2.05, 4.69) is 10.2 Å². The Balaban J connectivity index is 2.08. The van der Waals surface area contributed by atoms with Gasteiger partial charge in [-0.05, 0) is 18.2 Å². The van der Waals surface area contributed by atoms with Crippen molar-refractivity contribution >= 4 is 6.29 Å². The van der Waals surface area contributed by atoms with Gasteiger partial charge in [0.15, 0.2) is 18.1 Å². The lowest BCUT2D eigenvalue weighted by molar-refractivity contribution is 0.112. The molecule has 0 N–H and O–H groups in total. The second-order valence-electron chi connectivity index (χ2n) is 3.76. The average molecular weight is 262 g/mol. The van der Waals surface area contributed by atoms with Gasteiger partial charge in [-0.25, -0.2) is 0 Å². The largest absolute Gasteiger partial charge is 0.493 e. The second-order valence-corrected chi connectivity index (χ2v) is 3.76. The first-order chi connectivity index (χ1) is 9.26. The smallest absolute Gasteiger partial charge is 0.253 e. The molecule has 6 nitrogen and oxygen atoms in total. The third kappa shape index (κ3) is 3.09. The highest BCUT2D eigenvalue weighted by Gasteiger charge is 2.09. The van der Waals surface area contributed by atoms with Crippen LogP contribution in [-0.2, 0) is 13.0 Å². The van der Waals surface area contributed by atoms with Gasteiger partial charge in [-0.2, -0.15) is 0 Å². The highest BCUT2D eigenvalue weighted by molar-refractivity contribution is 5.76. The Morgan fingerprint density at radius 1 is 1.26 bits per heavy atom. The number of aldehydes is 1. The van der Waals surface area contributed by atoms with Crippen molar-refractivity contribution in [2.45, 2.75) is 20.0 Å². The summed E-state index contributed by atoms with van der Waals surface area (Å²) >= 11 is 0. The predicted octanol–water partition coefficient (Wildman–Crippen LogP) is 2.03. The Bertz CT molecular complexity index is 566. The van der Waals surface area contributed by atoms with Crippen LogP contribution in [0, 0.1) is 0 Å². The van der Waals surface area contributed by atoms with Crippen molar-refractivity contribution in [2.75, 3.05) is 7.11 Å². The SMILES string of the molecule is CCc1nnc(COc2ccc(C=O)cc2OC)o1. The standard InChI is InChI=1S/C13H14N2O4/c1-3-12-14-15-13(19-12)8-18-10-5-4-9(7-16)6-11(10)17-2/h4-7H,3,8H2,1-2H3. The molecule has 0 fully saturated rings. The van der Waals surface area contributed by atoms with E-state index in [0.29, 0.717) is 35.3 Å². The van der Waals surface area contributed by atoms with E-state index in [1.54, 1.807) is 18.2 Å². The normalized spacial score (nSPS) is 10.2. The molecule has 19 heavy (non-hydrogen) atoms. The van der Waals surface area contributed by atoms with Crippen LogP contribution in [-0.4, -0.2) is 23.6 Å². The summed E-state index contributed by atoms with van der Waals surface area (Å²) < 4.78 is 16.0. The van der Waals surface area contributed by atoms with Crippen LogP contribution in [0.25, 0.3) is 0 Å². The number of carbonyl (C=O) groups is 1. The number of methoxy groups -OCH3 is 1. The minimum atomic E-state index is 0.157. The van der Waals surface area contributed by atoms with Gasteiger partial charge >= 0.3 is 0 Å². The number of carbonyl (C=O) groups excluding carboxylic acids is 1.